The van der Waals surface area contributed by atoms with Gasteiger partial charge in [0.15, 0.2) is 5.65 Å². The number of aliphatic hydroxyl groups excluding tert-OH is 1. The monoisotopic (exact) mass is 333 g/mol. The predicted octanol–water partition coefficient (Wildman–Crippen LogP) is 2.58. The standard InChI is InChI=1S/C14H12BrN3O2/c1-20-10-5-2-4-9(8-10)13(19)11-6-3-7-12-16-14(15)17-18(11)12/h2-8,13,19H,1H3. The maximum atomic E-state index is 10.6. The summed E-state index contributed by atoms with van der Waals surface area (Å²) in [7, 11) is 1.60. The van der Waals surface area contributed by atoms with Crippen LogP contribution in [0.25, 0.3) is 5.65 Å². The van der Waals surface area contributed by atoms with Crippen molar-refractivity contribution in [3.8, 4) is 5.75 Å². The first-order valence-electron chi connectivity index (χ1n) is 6.02. The SMILES string of the molecule is COc1cccc(C(O)c2cccc3nc(Br)nn23)c1. The number of benzene rings is 1. The Morgan fingerprint density at radius 3 is 2.85 bits per heavy atom. The maximum absolute atomic E-state index is 10.6. The topological polar surface area (TPSA) is 59.7 Å². The van der Waals surface area contributed by atoms with E-state index in [-0.39, 0.29) is 0 Å². The van der Waals surface area contributed by atoms with Gasteiger partial charge in [0.05, 0.1) is 12.8 Å². The molecule has 0 aliphatic carbocycles. The third kappa shape index (κ3) is 2.28. The van der Waals surface area contributed by atoms with Crippen LogP contribution in [0.4, 0.5) is 0 Å². The van der Waals surface area contributed by atoms with Gasteiger partial charge in [-0.25, -0.2) is 9.50 Å². The minimum Gasteiger partial charge on any atom is -0.497 e. The first-order chi connectivity index (χ1) is 9.69. The second kappa shape index (κ2) is 5.22. The van der Waals surface area contributed by atoms with Gasteiger partial charge in [-0.15, -0.1) is 5.10 Å². The molecule has 1 unspecified atom stereocenters. The van der Waals surface area contributed by atoms with Gasteiger partial charge in [-0.3, -0.25) is 0 Å². The van der Waals surface area contributed by atoms with Gasteiger partial charge in [0.25, 0.3) is 0 Å². The van der Waals surface area contributed by atoms with E-state index in [1.807, 2.05) is 36.4 Å². The average Bonchev–Trinajstić information content (AvgIpc) is 2.86. The highest BCUT2D eigenvalue weighted by Crippen LogP contribution is 2.25. The molecule has 0 aliphatic heterocycles. The van der Waals surface area contributed by atoms with Crippen LogP contribution in [0.1, 0.15) is 17.4 Å². The Hall–Kier alpha value is -1.92. The highest BCUT2D eigenvalue weighted by atomic mass is 79.9. The Morgan fingerprint density at radius 1 is 1.25 bits per heavy atom. The number of hydrogen-bond acceptors (Lipinski definition) is 4. The number of nitrogens with zero attached hydrogens (tertiary/aromatic N) is 3. The maximum Gasteiger partial charge on any atom is 0.218 e. The van der Waals surface area contributed by atoms with Gasteiger partial charge in [-0.05, 0) is 45.8 Å². The lowest BCUT2D eigenvalue weighted by atomic mass is 10.1. The fourth-order valence-electron chi connectivity index (χ4n) is 2.09. The highest BCUT2D eigenvalue weighted by Gasteiger charge is 2.16. The second-order valence-corrected chi connectivity index (χ2v) is 4.99. The molecule has 1 aromatic carbocycles. The largest absolute Gasteiger partial charge is 0.497 e. The molecule has 102 valence electrons. The van der Waals surface area contributed by atoms with Crippen molar-refractivity contribution >= 4 is 21.6 Å². The van der Waals surface area contributed by atoms with Crippen LogP contribution in [0.5, 0.6) is 5.75 Å². The first-order valence-corrected chi connectivity index (χ1v) is 6.81. The van der Waals surface area contributed by atoms with E-state index in [0.717, 1.165) is 5.56 Å². The lowest BCUT2D eigenvalue weighted by Crippen LogP contribution is -2.07. The van der Waals surface area contributed by atoms with Crippen molar-refractivity contribution in [3.63, 3.8) is 0 Å². The van der Waals surface area contributed by atoms with Crippen molar-refractivity contribution in [1.29, 1.82) is 0 Å². The zero-order valence-corrected chi connectivity index (χ0v) is 12.3. The third-order valence-corrected chi connectivity index (χ3v) is 3.39. The Bertz CT molecular complexity index is 757. The Kier molecular flexibility index (Phi) is 3.42. The van der Waals surface area contributed by atoms with Gasteiger partial charge in [0, 0.05) is 0 Å². The van der Waals surface area contributed by atoms with E-state index < -0.39 is 6.10 Å². The van der Waals surface area contributed by atoms with E-state index >= 15 is 0 Å². The van der Waals surface area contributed by atoms with Gasteiger partial charge in [0.1, 0.15) is 11.9 Å². The smallest absolute Gasteiger partial charge is 0.218 e. The molecule has 0 bridgehead atoms. The van der Waals surface area contributed by atoms with Gasteiger partial charge in [-0.2, -0.15) is 0 Å². The van der Waals surface area contributed by atoms with Crippen LogP contribution in [0.15, 0.2) is 47.2 Å². The summed E-state index contributed by atoms with van der Waals surface area (Å²) >= 11 is 3.24. The van der Waals surface area contributed by atoms with E-state index in [1.54, 1.807) is 17.7 Å². The second-order valence-electron chi connectivity index (χ2n) is 4.28. The highest BCUT2D eigenvalue weighted by molar-refractivity contribution is 9.10. The van der Waals surface area contributed by atoms with Crippen molar-refractivity contribution in [1.82, 2.24) is 14.6 Å². The van der Waals surface area contributed by atoms with Crippen LogP contribution >= 0.6 is 15.9 Å². The molecule has 0 spiro atoms. The van der Waals surface area contributed by atoms with E-state index in [1.165, 1.54) is 0 Å². The van der Waals surface area contributed by atoms with Gasteiger partial charge >= 0.3 is 0 Å². The van der Waals surface area contributed by atoms with Crippen LogP contribution in [-0.4, -0.2) is 26.8 Å². The molecule has 3 rings (SSSR count). The quantitative estimate of drug-likeness (QED) is 0.800. The number of aromatic nitrogens is 3. The number of halogens is 1. The summed E-state index contributed by atoms with van der Waals surface area (Å²) in [5, 5.41) is 14.8. The number of ether oxygens (including phenoxy) is 1. The molecule has 2 aromatic heterocycles. The van der Waals surface area contributed by atoms with Crippen molar-refractivity contribution < 1.29 is 9.84 Å². The van der Waals surface area contributed by atoms with Crippen molar-refractivity contribution in [3.05, 3.63) is 58.5 Å². The molecule has 20 heavy (non-hydrogen) atoms. The number of rotatable bonds is 3. The summed E-state index contributed by atoms with van der Waals surface area (Å²) in [4.78, 5) is 4.22. The molecule has 5 nitrogen and oxygen atoms in total. The normalized spacial score (nSPS) is 12.6. The van der Waals surface area contributed by atoms with Crippen LogP contribution < -0.4 is 4.74 Å². The van der Waals surface area contributed by atoms with Gasteiger partial charge < -0.3 is 9.84 Å². The van der Waals surface area contributed by atoms with Gasteiger partial charge in [-0.1, -0.05) is 18.2 Å². The molecular formula is C14H12BrN3O2. The Morgan fingerprint density at radius 2 is 2.05 bits per heavy atom. The minimum atomic E-state index is -0.803. The molecular weight excluding hydrogens is 322 g/mol. The summed E-state index contributed by atoms with van der Waals surface area (Å²) in [5.41, 5.74) is 2.06. The van der Waals surface area contributed by atoms with Crippen LogP contribution in [0, 0.1) is 0 Å². The zero-order valence-electron chi connectivity index (χ0n) is 10.7. The molecule has 0 radical (unpaired) electrons. The van der Waals surface area contributed by atoms with Crippen LogP contribution in [0.3, 0.4) is 0 Å². The summed E-state index contributed by atoms with van der Waals surface area (Å²) in [6, 6.07) is 12.8. The summed E-state index contributed by atoms with van der Waals surface area (Å²) in [5.74, 6) is 0.702. The van der Waals surface area contributed by atoms with Crippen LogP contribution in [0.2, 0.25) is 0 Å². The van der Waals surface area contributed by atoms with Gasteiger partial charge in [0.2, 0.25) is 4.73 Å². The Balaban J connectivity index is 2.09. The molecule has 6 heteroatoms. The summed E-state index contributed by atoms with van der Waals surface area (Å²) in [6.07, 6.45) is -0.803. The van der Waals surface area contributed by atoms with Crippen molar-refractivity contribution in [2.45, 2.75) is 6.10 Å². The minimum absolute atomic E-state index is 0.489. The average molecular weight is 334 g/mol. The molecule has 0 saturated carbocycles. The number of fused-ring (bicyclic) bond motifs is 1. The lowest BCUT2D eigenvalue weighted by Gasteiger charge is -2.13. The lowest BCUT2D eigenvalue weighted by molar-refractivity contribution is 0.212. The Labute approximate surface area is 124 Å². The number of pyridine rings is 1. The summed E-state index contributed by atoms with van der Waals surface area (Å²) < 4.78 is 7.29. The molecule has 1 N–H and O–H groups in total. The predicted molar refractivity (Wildman–Crippen MR) is 77.7 cm³/mol. The fourth-order valence-corrected chi connectivity index (χ4v) is 2.43. The number of methoxy groups -OCH3 is 1. The van der Waals surface area contributed by atoms with Crippen LogP contribution in [-0.2, 0) is 0 Å². The van der Waals surface area contributed by atoms with E-state index in [0.29, 0.717) is 21.8 Å². The van der Waals surface area contributed by atoms with E-state index in [4.69, 9.17) is 4.74 Å². The first kappa shape index (κ1) is 13.1. The molecule has 0 fully saturated rings. The number of aliphatic hydroxyl groups is 1. The molecule has 0 amide bonds. The van der Waals surface area contributed by atoms with Crippen molar-refractivity contribution in [2.24, 2.45) is 0 Å². The molecule has 2 heterocycles. The molecule has 0 saturated heterocycles. The zero-order chi connectivity index (χ0) is 14.1. The number of hydrogen-bond donors (Lipinski definition) is 1. The molecule has 0 aliphatic rings. The van der Waals surface area contributed by atoms with E-state index in [9.17, 15) is 5.11 Å². The molecule has 3 aromatic rings. The van der Waals surface area contributed by atoms with Crippen molar-refractivity contribution in [2.75, 3.05) is 7.11 Å². The molecule has 1 atom stereocenters. The fraction of sp³-hybridized carbons (Fsp3) is 0.143. The third-order valence-electron chi connectivity index (χ3n) is 3.05. The summed E-state index contributed by atoms with van der Waals surface area (Å²) in [6.45, 7) is 0. The van der Waals surface area contributed by atoms with E-state index in [2.05, 4.69) is 26.0 Å².